The van der Waals surface area contributed by atoms with Gasteiger partial charge in [0.05, 0.1) is 5.54 Å². The van der Waals surface area contributed by atoms with E-state index in [4.69, 9.17) is 4.74 Å². The van der Waals surface area contributed by atoms with Crippen LogP contribution in [0.4, 0.5) is 4.79 Å². The van der Waals surface area contributed by atoms with Gasteiger partial charge in [0.15, 0.2) is 0 Å². The Morgan fingerprint density at radius 3 is 3.04 bits per heavy atom. The lowest BCUT2D eigenvalue weighted by Gasteiger charge is -2.24. The number of carbonyl (C=O) groups excluding carboxylic acids is 1. The maximum Gasteiger partial charge on any atom is 0.407 e. The number of cyclic esters (lactones) is 1. The summed E-state index contributed by atoms with van der Waals surface area (Å²) in [5.74, 6) is 1.26. The van der Waals surface area contributed by atoms with Crippen LogP contribution in [0.3, 0.4) is 0 Å². The lowest BCUT2D eigenvalue weighted by molar-refractivity contribution is 0.172. The van der Waals surface area contributed by atoms with Gasteiger partial charge in [0, 0.05) is 0 Å². The van der Waals surface area contributed by atoms with Crippen LogP contribution >= 0.6 is 0 Å². The number of carbonyl (C=O) groups is 1. The molecule has 2 aliphatic carbocycles. The first-order valence-corrected chi connectivity index (χ1v) is 10.4. The molecular weight excluding hydrogens is 322 g/mol. The van der Waals surface area contributed by atoms with Crippen LogP contribution in [0.1, 0.15) is 74.5 Å². The average Bonchev–Trinajstić information content (AvgIpc) is 3.24. The van der Waals surface area contributed by atoms with Gasteiger partial charge in [0.25, 0.3) is 0 Å². The standard InChI is InChI=1S/C23H31NO2/c1-2-3-4-5-6-17-7-8-19-14-20(10-9-18(19)13-17)21-11-12-23(15-21)16-26-22(25)24-23/h5-6,9-10,14,17,21H,2-4,7-8,11-13,15-16H2,1H3,(H,24,25)/t17?,21-,23+/m0/s1. The van der Waals surface area contributed by atoms with E-state index < -0.39 is 0 Å². The van der Waals surface area contributed by atoms with Crippen molar-refractivity contribution in [2.75, 3.05) is 6.61 Å². The van der Waals surface area contributed by atoms with E-state index in [1.54, 1.807) is 5.56 Å². The van der Waals surface area contributed by atoms with Crippen LogP contribution in [-0.4, -0.2) is 18.2 Å². The predicted molar refractivity (Wildman–Crippen MR) is 104 cm³/mol. The van der Waals surface area contributed by atoms with Gasteiger partial charge in [-0.1, -0.05) is 50.1 Å². The molecule has 1 heterocycles. The molecule has 1 aliphatic heterocycles. The minimum atomic E-state index is -0.242. The highest BCUT2D eigenvalue weighted by atomic mass is 16.6. The smallest absolute Gasteiger partial charge is 0.407 e. The van der Waals surface area contributed by atoms with Crippen molar-refractivity contribution >= 4 is 6.09 Å². The Balaban J connectivity index is 1.40. The molecule has 1 aromatic carbocycles. The van der Waals surface area contributed by atoms with Crippen molar-refractivity contribution in [3.05, 3.63) is 47.0 Å². The summed E-state index contributed by atoms with van der Waals surface area (Å²) in [7, 11) is 0. The van der Waals surface area contributed by atoms with E-state index in [0.29, 0.717) is 18.4 Å². The van der Waals surface area contributed by atoms with Crippen molar-refractivity contribution < 1.29 is 9.53 Å². The average molecular weight is 354 g/mol. The summed E-state index contributed by atoms with van der Waals surface area (Å²) in [5, 5.41) is 3.06. The van der Waals surface area contributed by atoms with Gasteiger partial charge in [-0.15, -0.1) is 0 Å². The van der Waals surface area contributed by atoms with Gasteiger partial charge in [-0.05, 0) is 73.5 Å². The number of ether oxygens (including phenoxy) is 1. The zero-order valence-electron chi connectivity index (χ0n) is 15.9. The first kappa shape index (κ1) is 17.6. The molecule has 1 amide bonds. The van der Waals surface area contributed by atoms with E-state index in [9.17, 15) is 4.79 Å². The number of benzene rings is 1. The third kappa shape index (κ3) is 3.67. The number of rotatable bonds is 5. The first-order valence-electron chi connectivity index (χ1n) is 10.4. The number of hydrogen-bond donors (Lipinski definition) is 1. The second-order valence-corrected chi connectivity index (χ2v) is 8.52. The summed E-state index contributed by atoms with van der Waals surface area (Å²) in [4.78, 5) is 11.4. The lowest BCUT2D eigenvalue weighted by atomic mass is 9.81. The highest BCUT2D eigenvalue weighted by molar-refractivity contribution is 5.70. The molecule has 0 aromatic heterocycles. The Hall–Kier alpha value is -1.77. The molecule has 1 saturated heterocycles. The van der Waals surface area contributed by atoms with E-state index in [1.807, 2.05) is 0 Å². The van der Waals surface area contributed by atoms with Crippen molar-refractivity contribution in [2.24, 2.45) is 5.92 Å². The normalized spacial score (nSPS) is 30.6. The molecule has 140 valence electrons. The van der Waals surface area contributed by atoms with Crippen LogP contribution in [-0.2, 0) is 17.6 Å². The molecule has 0 bridgehead atoms. The minimum absolute atomic E-state index is 0.105. The van der Waals surface area contributed by atoms with Gasteiger partial charge in [0.1, 0.15) is 6.61 Å². The maximum atomic E-state index is 11.4. The zero-order chi connectivity index (χ0) is 18.0. The fourth-order valence-corrected chi connectivity index (χ4v) is 4.98. The van der Waals surface area contributed by atoms with Crippen LogP contribution in [0.25, 0.3) is 0 Å². The van der Waals surface area contributed by atoms with Gasteiger partial charge in [0.2, 0.25) is 0 Å². The summed E-state index contributed by atoms with van der Waals surface area (Å²) in [6.45, 7) is 2.79. The number of amides is 1. The summed E-state index contributed by atoms with van der Waals surface area (Å²) in [6, 6.07) is 7.16. The monoisotopic (exact) mass is 353 g/mol. The molecule has 1 spiro atoms. The molecule has 3 heteroatoms. The zero-order valence-corrected chi connectivity index (χ0v) is 15.9. The number of fused-ring (bicyclic) bond motifs is 1. The van der Waals surface area contributed by atoms with E-state index in [0.717, 1.165) is 19.3 Å². The number of aryl methyl sites for hydroxylation is 1. The highest BCUT2D eigenvalue weighted by Gasteiger charge is 2.46. The summed E-state index contributed by atoms with van der Waals surface area (Å²) < 4.78 is 5.17. The molecule has 3 nitrogen and oxygen atoms in total. The summed E-state index contributed by atoms with van der Waals surface area (Å²) in [5.41, 5.74) is 4.44. The fourth-order valence-electron chi connectivity index (χ4n) is 4.98. The SMILES string of the molecule is CCCCC=CC1CCc2cc([C@H]3CC[C@]4(COC(=O)N4)C3)ccc2C1. The molecule has 1 saturated carbocycles. The Kier molecular flexibility index (Phi) is 5.06. The van der Waals surface area contributed by atoms with E-state index >= 15 is 0 Å². The van der Waals surface area contributed by atoms with Gasteiger partial charge in [-0.25, -0.2) is 4.79 Å². The molecule has 1 N–H and O–H groups in total. The second-order valence-electron chi connectivity index (χ2n) is 8.52. The lowest BCUT2D eigenvalue weighted by Crippen LogP contribution is -2.40. The Morgan fingerprint density at radius 1 is 1.31 bits per heavy atom. The molecule has 26 heavy (non-hydrogen) atoms. The van der Waals surface area contributed by atoms with Crippen LogP contribution < -0.4 is 5.32 Å². The predicted octanol–water partition coefficient (Wildman–Crippen LogP) is 5.28. The molecule has 3 aliphatic rings. The van der Waals surface area contributed by atoms with Crippen molar-refractivity contribution in [3.63, 3.8) is 0 Å². The van der Waals surface area contributed by atoms with Crippen molar-refractivity contribution in [1.82, 2.24) is 5.32 Å². The molecule has 2 fully saturated rings. The third-order valence-electron chi connectivity index (χ3n) is 6.56. The molecule has 1 aromatic rings. The Bertz CT molecular complexity index is 695. The molecule has 1 unspecified atom stereocenters. The van der Waals surface area contributed by atoms with Crippen LogP contribution in [0.15, 0.2) is 30.4 Å². The van der Waals surface area contributed by atoms with E-state index in [2.05, 4.69) is 42.6 Å². The van der Waals surface area contributed by atoms with Crippen molar-refractivity contribution in [3.8, 4) is 0 Å². The van der Waals surface area contributed by atoms with E-state index in [1.165, 1.54) is 49.7 Å². The molecular formula is C23H31NO2. The minimum Gasteiger partial charge on any atom is -0.447 e. The van der Waals surface area contributed by atoms with Gasteiger partial charge < -0.3 is 10.1 Å². The number of hydrogen-bond acceptors (Lipinski definition) is 2. The van der Waals surface area contributed by atoms with Gasteiger partial charge in [-0.2, -0.15) is 0 Å². The summed E-state index contributed by atoms with van der Waals surface area (Å²) in [6.07, 6.45) is 15.3. The Morgan fingerprint density at radius 2 is 2.23 bits per heavy atom. The van der Waals surface area contributed by atoms with Crippen molar-refractivity contribution in [1.29, 1.82) is 0 Å². The Labute approximate surface area is 157 Å². The number of allylic oxidation sites excluding steroid dienone is 2. The van der Waals surface area contributed by atoms with Crippen LogP contribution in [0.5, 0.6) is 0 Å². The fraction of sp³-hybridized carbons (Fsp3) is 0.609. The quantitative estimate of drug-likeness (QED) is 0.577. The third-order valence-corrected chi connectivity index (χ3v) is 6.56. The molecule has 4 rings (SSSR count). The van der Waals surface area contributed by atoms with Gasteiger partial charge in [-0.3, -0.25) is 0 Å². The number of alkyl carbamates (subject to hydrolysis) is 1. The number of unbranched alkanes of at least 4 members (excludes halogenated alkanes) is 2. The molecule has 3 atom stereocenters. The highest BCUT2D eigenvalue weighted by Crippen LogP contribution is 2.43. The van der Waals surface area contributed by atoms with E-state index in [-0.39, 0.29) is 11.6 Å². The maximum absolute atomic E-state index is 11.4. The summed E-state index contributed by atoms with van der Waals surface area (Å²) >= 11 is 0. The molecule has 0 radical (unpaired) electrons. The second kappa shape index (κ2) is 7.46. The topological polar surface area (TPSA) is 38.3 Å². The van der Waals surface area contributed by atoms with Crippen LogP contribution in [0.2, 0.25) is 0 Å². The number of nitrogens with one attached hydrogen (secondary N) is 1. The van der Waals surface area contributed by atoms with Crippen molar-refractivity contribution in [2.45, 2.75) is 76.2 Å². The van der Waals surface area contributed by atoms with Crippen LogP contribution in [0, 0.1) is 5.92 Å². The largest absolute Gasteiger partial charge is 0.447 e. The van der Waals surface area contributed by atoms with Gasteiger partial charge >= 0.3 is 6.09 Å². The first-order chi connectivity index (χ1) is 12.7.